The minimum absolute atomic E-state index is 0.150. The van der Waals surface area contributed by atoms with Gasteiger partial charge in [0.1, 0.15) is 0 Å². The molecule has 2 aromatic rings. The van der Waals surface area contributed by atoms with Crippen molar-refractivity contribution in [1.82, 2.24) is 20.2 Å². The molecule has 1 aromatic carbocycles. The van der Waals surface area contributed by atoms with Crippen LogP contribution in [0.2, 0.25) is 5.15 Å². The van der Waals surface area contributed by atoms with Crippen LogP contribution in [0.4, 0.5) is 0 Å². The average Bonchev–Trinajstić information content (AvgIpc) is 3.18. The number of H-pyrrole nitrogens is 1. The van der Waals surface area contributed by atoms with Gasteiger partial charge in [-0.15, -0.1) is 0 Å². The van der Waals surface area contributed by atoms with E-state index in [1.165, 1.54) is 25.3 Å². The number of hydrogen-bond acceptors (Lipinski definition) is 5. The van der Waals surface area contributed by atoms with Gasteiger partial charge in [-0.05, 0) is 36.6 Å². The molecule has 2 amide bonds. The van der Waals surface area contributed by atoms with Gasteiger partial charge in [-0.2, -0.15) is 0 Å². The van der Waals surface area contributed by atoms with Crippen molar-refractivity contribution in [3.05, 3.63) is 58.1 Å². The summed E-state index contributed by atoms with van der Waals surface area (Å²) in [5.41, 5.74) is 1.60. The van der Waals surface area contributed by atoms with Crippen LogP contribution in [0.3, 0.4) is 0 Å². The summed E-state index contributed by atoms with van der Waals surface area (Å²) < 4.78 is 5.52. The Morgan fingerprint density at radius 1 is 1.34 bits per heavy atom. The van der Waals surface area contributed by atoms with Crippen molar-refractivity contribution < 1.29 is 24.2 Å². The van der Waals surface area contributed by atoms with Gasteiger partial charge < -0.3 is 25.0 Å². The quantitative estimate of drug-likeness (QED) is 0.545. The summed E-state index contributed by atoms with van der Waals surface area (Å²) in [5, 5.41) is 12.1. The van der Waals surface area contributed by atoms with Crippen molar-refractivity contribution in [2.24, 2.45) is 0 Å². The van der Waals surface area contributed by atoms with Gasteiger partial charge in [0.05, 0.1) is 23.4 Å². The Morgan fingerprint density at radius 3 is 2.66 bits per heavy atom. The number of nitrogens with zero attached hydrogens (tertiary/aromatic N) is 2. The van der Waals surface area contributed by atoms with Gasteiger partial charge in [-0.1, -0.05) is 30.7 Å². The maximum atomic E-state index is 12.6. The Hall–Kier alpha value is -3.17. The van der Waals surface area contributed by atoms with E-state index in [0.29, 0.717) is 31.6 Å². The Morgan fingerprint density at radius 2 is 2.06 bits per heavy atom. The SMILES string of the molecule is CCc1[nH]c(C(=O)N[C@H]2CCN(C(=O)/C=C/c3ccc(C(=O)O)cc3)C[C@H]2OC)nc1Cl. The lowest BCUT2D eigenvalue weighted by molar-refractivity contribution is -0.130. The largest absolute Gasteiger partial charge is 0.478 e. The molecule has 170 valence electrons. The molecule has 0 bridgehead atoms. The van der Waals surface area contributed by atoms with Crippen LogP contribution in [-0.4, -0.2) is 70.1 Å². The number of carboxylic acid groups (broad SMARTS) is 1. The molecule has 0 radical (unpaired) electrons. The number of aromatic amines is 1. The van der Waals surface area contributed by atoms with Crippen LogP contribution < -0.4 is 5.32 Å². The molecule has 2 atom stereocenters. The second-order valence-corrected chi connectivity index (χ2v) is 7.75. The van der Waals surface area contributed by atoms with Crippen LogP contribution in [0.25, 0.3) is 6.08 Å². The Labute approximate surface area is 190 Å². The maximum absolute atomic E-state index is 12.6. The second-order valence-electron chi connectivity index (χ2n) is 7.40. The van der Waals surface area contributed by atoms with Crippen LogP contribution in [0, 0.1) is 0 Å². The molecule has 1 fully saturated rings. The Balaban J connectivity index is 1.58. The lowest BCUT2D eigenvalue weighted by Crippen LogP contribution is -2.55. The third-order valence-electron chi connectivity index (χ3n) is 5.36. The summed E-state index contributed by atoms with van der Waals surface area (Å²) >= 11 is 6.01. The first-order valence-electron chi connectivity index (χ1n) is 10.2. The minimum Gasteiger partial charge on any atom is -0.478 e. The van der Waals surface area contributed by atoms with Crippen molar-refractivity contribution in [3.63, 3.8) is 0 Å². The highest BCUT2D eigenvalue weighted by atomic mass is 35.5. The molecule has 0 aliphatic carbocycles. The number of rotatable bonds is 7. The molecule has 3 N–H and O–H groups in total. The smallest absolute Gasteiger partial charge is 0.335 e. The summed E-state index contributed by atoms with van der Waals surface area (Å²) in [6, 6.07) is 5.96. The second kappa shape index (κ2) is 10.4. The molecular weight excluding hydrogens is 436 g/mol. The zero-order chi connectivity index (χ0) is 23.3. The molecule has 0 saturated carbocycles. The highest BCUT2D eigenvalue weighted by Gasteiger charge is 2.32. The Bertz CT molecular complexity index is 1020. The highest BCUT2D eigenvalue weighted by molar-refractivity contribution is 6.30. The number of imidazole rings is 1. The Kier molecular flexibility index (Phi) is 7.66. The number of carboxylic acids is 1. The lowest BCUT2D eigenvalue weighted by atomic mass is 10.0. The van der Waals surface area contributed by atoms with E-state index in [9.17, 15) is 14.4 Å². The van der Waals surface area contributed by atoms with Gasteiger partial charge in [0, 0.05) is 26.3 Å². The zero-order valence-corrected chi connectivity index (χ0v) is 18.6. The molecule has 3 rings (SSSR count). The van der Waals surface area contributed by atoms with Crippen molar-refractivity contribution in [1.29, 1.82) is 0 Å². The molecule has 1 saturated heterocycles. The van der Waals surface area contributed by atoms with E-state index in [1.807, 2.05) is 6.92 Å². The third kappa shape index (κ3) is 5.54. The number of aromatic carboxylic acids is 1. The summed E-state index contributed by atoms with van der Waals surface area (Å²) in [6.07, 6.45) is 3.86. The number of amides is 2. The molecule has 0 spiro atoms. The minimum atomic E-state index is -1.00. The fourth-order valence-corrected chi connectivity index (χ4v) is 3.76. The number of piperidine rings is 1. The van der Waals surface area contributed by atoms with Crippen molar-refractivity contribution in [2.75, 3.05) is 20.2 Å². The standard InChI is InChI=1S/C22H25ClN4O5/c1-3-15-19(23)26-20(24-15)21(29)25-16-10-11-27(12-17(16)32-2)18(28)9-6-13-4-7-14(8-5-13)22(30)31/h4-9,16-17H,3,10-12H2,1-2H3,(H,24,26)(H,25,29)(H,30,31)/b9-6+/t16-,17+/m0/s1. The number of methoxy groups -OCH3 is 1. The molecular formula is C22H25ClN4O5. The number of aryl methyl sites for hydroxylation is 1. The summed E-state index contributed by atoms with van der Waals surface area (Å²) in [4.78, 5) is 44.7. The van der Waals surface area contributed by atoms with Gasteiger partial charge >= 0.3 is 5.97 Å². The normalized spacial score (nSPS) is 18.7. The molecule has 1 aliphatic rings. The van der Waals surface area contributed by atoms with Crippen LogP contribution in [0.5, 0.6) is 0 Å². The topological polar surface area (TPSA) is 125 Å². The number of nitrogens with one attached hydrogen (secondary N) is 2. The molecule has 32 heavy (non-hydrogen) atoms. The summed E-state index contributed by atoms with van der Waals surface area (Å²) in [5.74, 6) is -1.41. The molecule has 1 aromatic heterocycles. The van der Waals surface area contributed by atoms with Crippen molar-refractivity contribution in [2.45, 2.75) is 31.9 Å². The summed E-state index contributed by atoms with van der Waals surface area (Å²) in [7, 11) is 1.54. The fraction of sp³-hybridized carbons (Fsp3) is 0.364. The summed E-state index contributed by atoms with van der Waals surface area (Å²) in [6.45, 7) is 2.68. The predicted octanol–water partition coefficient (Wildman–Crippen LogP) is 2.38. The first kappa shape index (κ1) is 23.5. The van der Waals surface area contributed by atoms with E-state index in [2.05, 4.69) is 15.3 Å². The van der Waals surface area contributed by atoms with E-state index in [0.717, 1.165) is 5.56 Å². The number of halogens is 1. The van der Waals surface area contributed by atoms with Crippen molar-refractivity contribution in [3.8, 4) is 0 Å². The third-order valence-corrected chi connectivity index (χ3v) is 5.68. The monoisotopic (exact) mass is 460 g/mol. The van der Waals surface area contributed by atoms with Gasteiger partial charge in [-0.3, -0.25) is 9.59 Å². The van der Waals surface area contributed by atoms with E-state index < -0.39 is 5.97 Å². The van der Waals surface area contributed by atoms with Gasteiger partial charge in [0.25, 0.3) is 5.91 Å². The first-order chi connectivity index (χ1) is 15.3. The fourth-order valence-electron chi connectivity index (χ4n) is 3.50. The lowest BCUT2D eigenvalue weighted by Gasteiger charge is -2.37. The van der Waals surface area contributed by atoms with Crippen LogP contribution in [0.15, 0.2) is 30.3 Å². The van der Waals surface area contributed by atoms with Gasteiger partial charge in [-0.25, -0.2) is 9.78 Å². The number of likely N-dealkylation sites (tertiary alicyclic amines) is 1. The highest BCUT2D eigenvalue weighted by Crippen LogP contribution is 2.17. The number of carbonyl (C=O) groups excluding carboxylic acids is 2. The van der Waals surface area contributed by atoms with Gasteiger partial charge in [0.15, 0.2) is 11.0 Å². The van der Waals surface area contributed by atoms with Crippen LogP contribution >= 0.6 is 11.6 Å². The number of hydrogen-bond donors (Lipinski definition) is 3. The maximum Gasteiger partial charge on any atom is 0.335 e. The number of ether oxygens (including phenoxy) is 1. The number of carbonyl (C=O) groups is 3. The molecule has 1 aliphatic heterocycles. The van der Waals surface area contributed by atoms with Gasteiger partial charge in [0.2, 0.25) is 5.91 Å². The van der Waals surface area contributed by atoms with E-state index in [1.54, 1.807) is 23.1 Å². The zero-order valence-electron chi connectivity index (χ0n) is 17.8. The molecule has 2 heterocycles. The number of benzene rings is 1. The van der Waals surface area contributed by atoms with Crippen molar-refractivity contribution >= 4 is 35.5 Å². The van der Waals surface area contributed by atoms with Crippen LogP contribution in [0.1, 0.15) is 45.6 Å². The average molecular weight is 461 g/mol. The molecule has 9 nitrogen and oxygen atoms in total. The van der Waals surface area contributed by atoms with E-state index >= 15 is 0 Å². The predicted molar refractivity (Wildman–Crippen MR) is 119 cm³/mol. The first-order valence-corrected chi connectivity index (χ1v) is 10.6. The van der Waals surface area contributed by atoms with E-state index in [4.69, 9.17) is 21.4 Å². The van der Waals surface area contributed by atoms with E-state index in [-0.39, 0.29) is 40.5 Å². The van der Waals surface area contributed by atoms with Crippen LogP contribution in [-0.2, 0) is 16.0 Å². The molecule has 0 unspecified atom stereocenters. The molecule has 10 heteroatoms. The number of aromatic nitrogens is 2.